The van der Waals surface area contributed by atoms with Gasteiger partial charge < -0.3 is 25.8 Å². The van der Waals surface area contributed by atoms with Crippen molar-refractivity contribution < 1.29 is 29.0 Å². The predicted molar refractivity (Wildman–Crippen MR) is 149 cm³/mol. The predicted octanol–water partition coefficient (Wildman–Crippen LogP) is 4.42. The zero-order valence-corrected chi connectivity index (χ0v) is 23.8. The minimum absolute atomic E-state index is 0.0706. The van der Waals surface area contributed by atoms with E-state index in [0.717, 1.165) is 11.1 Å². The third kappa shape index (κ3) is 9.90. The molecule has 0 bridgehead atoms. The Morgan fingerprint density at radius 2 is 1.54 bits per heavy atom. The third-order valence-electron chi connectivity index (χ3n) is 6.30. The average molecular weight is 560 g/mol. The Hall–Kier alpha value is -3.59. The van der Waals surface area contributed by atoms with E-state index in [0.29, 0.717) is 5.02 Å². The first-order chi connectivity index (χ1) is 18.2. The number of carbonyl (C=O) groups excluding carboxylic acids is 3. The molecule has 39 heavy (non-hydrogen) atoms. The van der Waals surface area contributed by atoms with Crippen LogP contribution >= 0.6 is 11.6 Å². The number of halogens is 1. The smallest absolute Gasteiger partial charge is 0.407 e. The standard InChI is InChI=1S/C29H38ClN3O6/c1-28(2,3)23(33-26(37)29(4,5)20-13-15-21(30)16-14-20)24(34)32-22(25(35)36)12-9-17-31-27(38)39-18-19-10-7-6-8-11-19/h6-8,10-11,13-16,22-23H,9,12,17-18H2,1-5H3,(H,31,38)(H,32,34)(H,33,37)(H,35,36)/t22-,23-/m1/s1. The normalized spacial score (nSPS) is 13.1. The van der Waals surface area contributed by atoms with Crippen LogP contribution in [0.25, 0.3) is 0 Å². The molecule has 0 saturated carbocycles. The van der Waals surface area contributed by atoms with E-state index in [2.05, 4.69) is 16.0 Å². The molecule has 4 N–H and O–H groups in total. The van der Waals surface area contributed by atoms with Gasteiger partial charge in [-0.3, -0.25) is 9.59 Å². The number of carboxylic acid groups (broad SMARTS) is 1. The van der Waals surface area contributed by atoms with E-state index in [1.165, 1.54) is 0 Å². The lowest BCUT2D eigenvalue weighted by Crippen LogP contribution is -2.59. The molecule has 212 valence electrons. The van der Waals surface area contributed by atoms with Crippen molar-refractivity contribution in [2.24, 2.45) is 5.41 Å². The van der Waals surface area contributed by atoms with Gasteiger partial charge in [0.25, 0.3) is 0 Å². The van der Waals surface area contributed by atoms with Gasteiger partial charge in [-0.1, -0.05) is 74.8 Å². The highest BCUT2D eigenvalue weighted by Crippen LogP contribution is 2.27. The van der Waals surface area contributed by atoms with Gasteiger partial charge in [-0.2, -0.15) is 0 Å². The molecular weight excluding hydrogens is 522 g/mol. The van der Waals surface area contributed by atoms with Crippen LogP contribution in [0, 0.1) is 5.41 Å². The number of ether oxygens (including phenoxy) is 1. The number of carboxylic acids is 1. The maximum absolute atomic E-state index is 13.3. The minimum atomic E-state index is -1.21. The van der Waals surface area contributed by atoms with Crippen molar-refractivity contribution >= 4 is 35.5 Å². The van der Waals surface area contributed by atoms with Gasteiger partial charge in [0.05, 0.1) is 5.41 Å². The molecular formula is C29H38ClN3O6. The molecule has 0 unspecified atom stereocenters. The largest absolute Gasteiger partial charge is 0.480 e. The molecule has 3 amide bonds. The van der Waals surface area contributed by atoms with Crippen molar-refractivity contribution in [1.29, 1.82) is 0 Å². The van der Waals surface area contributed by atoms with Gasteiger partial charge in [-0.25, -0.2) is 9.59 Å². The van der Waals surface area contributed by atoms with E-state index in [9.17, 15) is 24.3 Å². The lowest BCUT2D eigenvalue weighted by Gasteiger charge is -2.34. The molecule has 0 aliphatic rings. The highest BCUT2D eigenvalue weighted by molar-refractivity contribution is 6.30. The van der Waals surface area contributed by atoms with Gasteiger partial charge >= 0.3 is 12.1 Å². The topological polar surface area (TPSA) is 134 Å². The van der Waals surface area contributed by atoms with Gasteiger partial charge in [0.15, 0.2) is 0 Å². The zero-order chi connectivity index (χ0) is 29.2. The molecule has 9 nitrogen and oxygen atoms in total. The number of nitrogens with one attached hydrogen (secondary N) is 3. The van der Waals surface area contributed by atoms with Crippen LogP contribution in [0.5, 0.6) is 0 Å². The third-order valence-corrected chi connectivity index (χ3v) is 6.56. The fraction of sp³-hybridized carbons (Fsp3) is 0.448. The number of hydrogen-bond acceptors (Lipinski definition) is 5. The van der Waals surface area contributed by atoms with Gasteiger partial charge in [0.2, 0.25) is 11.8 Å². The highest BCUT2D eigenvalue weighted by Gasteiger charge is 2.39. The Morgan fingerprint density at radius 1 is 0.923 bits per heavy atom. The second-order valence-electron chi connectivity index (χ2n) is 10.9. The fourth-order valence-electron chi connectivity index (χ4n) is 3.77. The number of alkyl carbamates (subject to hydrolysis) is 1. The lowest BCUT2D eigenvalue weighted by atomic mass is 9.81. The number of benzene rings is 2. The maximum Gasteiger partial charge on any atom is 0.407 e. The van der Waals surface area contributed by atoms with Crippen molar-refractivity contribution in [1.82, 2.24) is 16.0 Å². The quantitative estimate of drug-likeness (QED) is 0.284. The molecule has 0 aliphatic heterocycles. The summed E-state index contributed by atoms with van der Waals surface area (Å²) in [7, 11) is 0. The lowest BCUT2D eigenvalue weighted by molar-refractivity contribution is -0.143. The summed E-state index contributed by atoms with van der Waals surface area (Å²) in [5.74, 6) is -2.20. The summed E-state index contributed by atoms with van der Waals surface area (Å²) in [6, 6.07) is 13.9. The average Bonchev–Trinajstić information content (AvgIpc) is 2.87. The Morgan fingerprint density at radius 3 is 2.10 bits per heavy atom. The Balaban J connectivity index is 1.94. The summed E-state index contributed by atoms with van der Waals surface area (Å²) in [5, 5.41) is 18.2. The van der Waals surface area contributed by atoms with Crippen LogP contribution in [0.2, 0.25) is 5.02 Å². The van der Waals surface area contributed by atoms with Gasteiger partial charge in [-0.15, -0.1) is 0 Å². The van der Waals surface area contributed by atoms with Crippen LogP contribution < -0.4 is 16.0 Å². The minimum Gasteiger partial charge on any atom is -0.480 e. The van der Waals surface area contributed by atoms with Crippen molar-refractivity contribution in [3.63, 3.8) is 0 Å². The van der Waals surface area contributed by atoms with Crippen molar-refractivity contribution in [2.45, 2.75) is 71.6 Å². The van der Waals surface area contributed by atoms with Crippen LogP contribution in [0.3, 0.4) is 0 Å². The monoisotopic (exact) mass is 559 g/mol. The molecule has 0 radical (unpaired) electrons. The number of amides is 3. The Labute approximate surface area is 234 Å². The molecule has 0 aliphatic carbocycles. The van der Waals surface area contributed by atoms with Crippen LogP contribution in [0.4, 0.5) is 4.79 Å². The molecule has 0 spiro atoms. The van der Waals surface area contributed by atoms with E-state index in [1.54, 1.807) is 58.9 Å². The summed E-state index contributed by atoms with van der Waals surface area (Å²) in [6.45, 7) is 9.12. The molecule has 2 aromatic carbocycles. The summed E-state index contributed by atoms with van der Waals surface area (Å²) in [5.41, 5.74) is -0.112. The van der Waals surface area contributed by atoms with Crippen molar-refractivity contribution in [3.8, 4) is 0 Å². The van der Waals surface area contributed by atoms with E-state index >= 15 is 0 Å². The maximum atomic E-state index is 13.3. The highest BCUT2D eigenvalue weighted by atomic mass is 35.5. The summed E-state index contributed by atoms with van der Waals surface area (Å²) < 4.78 is 5.14. The number of aliphatic carboxylic acids is 1. The molecule has 2 aromatic rings. The van der Waals surface area contributed by atoms with E-state index in [4.69, 9.17) is 16.3 Å². The van der Waals surface area contributed by atoms with E-state index in [-0.39, 0.29) is 31.9 Å². The molecule has 2 rings (SSSR count). The molecule has 0 fully saturated rings. The summed E-state index contributed by atoms with van der Waals surface area (Å²) in [4.78, 5) is 50.2. The second kappa shape index (κ2) is 14.0. The zero-order valence-electron chi connectivity index (χ0n) is 23.0. The van der Waals surface area contributed by atoms with Crippen molar-refractivity contribution in [2.75, 3.05) is 6.54 Å². The SMILES string of the molecule is CC(C)(C(=O)N[C@H](C(=O)N[C@H](CCCNC(=O)OCc1ccccc1)C(=O)O)C(C)(C)C)c1ccc(Cl)cc1. The van der Waals surface area contributed by atoms with Crippen LogP contribution in [-0.4, -0.2) is 47.6 Å². The van der Waals surface area contributed by atoms with Gasteiger partial charge in [0, 0.05) is 11.6 Å². The molecule has 2 atom stereocenters. The van der Waals surface area contributed by atoms with Crippen LogP contribution in [0.1, 0.15) is 58.6 Å². The first-order valence-electron chi connectivity index (χ1n) is 12.8. The van der Waals surface area contributed by atoms with Crippen molar-refractivity contribution in [3.05, 3.63) is 70.7 Å². The van der Waals surface area contributed by atoms with Crippen LogP contribution in [-0.2, 0) is 31.1 Å². The summed E-state index contributed by atoms with van der Waals surface area (Å²) >= 11 is 5.97. The first-order valence-corrected chi connectivity index (χ1v) is 13.1. The number of rotatable bonds is 12. The van der Waals surface area contributed by atoms with Crippen LogP contribution in [0.15, 0.2) is 54.6 Å². The molecule has 0 heterocycles. The number of carbonyl (C=O) groups is 4. The Bertz CT molecular complexity index is 1130. The Kier molecular flexibility index (Phi) is 11.3. The van der Waals surface area contributed by atoms with E-state index < -0.39 is 40.9 Å². The number of hydrogen-bond donors (Lipinski definition) is 4. The van der Waals surface area contributed by atoms with E-state index in [1.807, 2.05) is 30.3 Å². The summed E-state index contributed by atoms with van der Waals surface area (Å²) in [6.07, 6.45) is -0.261. The second-order valence-corrected chi connectivity index (χ2v) is 11.4. The van der Waals surface area contributed by atoms with Gasteiger partial charge in [-0.05, 0) is 55.4 Å². The first kappa shape index (κ1) is 31.6. The molecule has 0 aromatic heterocycles. The fourth-order valence-corrected chi connectivity index (χ4v) is 3.89. The molecule has 0 saturated heterocycles. The molecule has 10 heteroatoms. The van der Waals surface area contributed by atoms with Gasteiger partial charge in [0.1, 0.15) is 18.7 Å².